The first-order valence-electron chi connectivity index (χ1n) is 12.6. The molecular weight excluding hydrogens is 468 g/mol. The van der Waals surface area contributed by atoms with Crippen molar-refractivity contribution in [3.63, 3.8) is 0 Å². The van der Waals surface area contributed by atoms with E-state index in [9.17, 15) is 18.4 Å². The fraction of sp³-hybridized carbons (Fsp3) is 0.577. The number of halogens is 2. The van der Waals surface area contributed by atoms with Crippen molar-refractivity contribution in [2.24, 2.45) is 0 Å². The number of benzene rings is 1. The lowest BCUT2D eigenvalue weighted by Gasteiger charge is -2.34. The summed E-state index contributed by atoms with van der Waals surface area (Å²) in [6.07, 6.45) is 4.54. The predicted molar refractivity (Wildman–Crippen MR) is 131 cm³/mol. The topological polar surface area (TPSA) is 79.7 Å². The Kier molecular flexibility index (Phi) is 7.92. The Morgan fingerprint density at radius 2 is 1.81 bits per heavy atom. The maximum atomic E-state index is 14.7. The van der Waals surface area contributed by atoms with Crippen LogP contribution < -0.4 is 5.32 Å². The van der Waals surface area contributed by atoms with E-state index in [0.717, 1.165) is 25.7 Å². The van der Waals surface area contributed by atoms with Crippen LogP contribution in [0.1, 0.15) is 68.4 Å². The lowest BCUT2D eigenvalue weighted by atomic mass is 9.91. The molecule has 1 aromatic carbocycles. The van der Waals surface area contributed by atoms with Crippen molar-refractivity contribution in [2.45, 2.75) is 58.0 Å². The van der Waals surface area contributed by atoms with Gasteiger partial charge in [0.2, 0.25) is 0 Å². The molecule has 0 atom stereocenters. The minimum absolute atomic E-state index is 0.0806. The Morgan fingerprint density at radius 3 is 2.44 bits per heavy atom. The Morgan fingerprint density at radius 1 is 1.11 bits per heavy atom. The van der Waals surface area contributed by atoms with Crippen LogP contribution in [0.25, 0.3) is 5.69 Å². The van der Waals surface area contributed by atoms with Gasteiger partial charge >= 0.3 is 6.09 Å². The summed E-state index contributed by atoms with van der Waals surface area (Å²) in [5, 5.41) is 7.31. The molecule has 2 aliphatic heterocycles. The third-order valence-corrected chi connectivity index (χ3v) is 6.63. The maximum absolute atomic E-state index is 14.7. The van der Waals surface area contributed by atoms with Gasteiger partial charge in [-0.3, -0.25) is 4.79 Å². The molecule has 8 nitrogen and oxygen atoms in total. The van der Waals surface area contributed by atoms with Crippen LogP contribution in [0.4, 0.5) is 13.6 Å². The average Bonchev–Trinajstić information content (AvgIpc) is 3.48. The molecule has 4 rings (SSSR count). The van der Waals surface area contributed by atoms with E-state index in [1.807, 2.05) is 20.8 Å². The third-order valence-electron chi connectivity index (χ3n) is 6.63. The molecule has 0 spiro atoms. The van der Waals surface area contributed by atoms with Gasteiger partial charge in [-0.25, -0.2) is 18.3 Å². The number of amides is 2. The van der Waals surface area contributed by atoms with Gasteiger partial charge in [0.05, 0.1) is 17.5 Å². The summed E-state index contributed by atoms with van der Waals surface area (Å²) in [4.78, 5) is 29.6. The van der Waals surface area contributed by atoms with Crippen LogP contribution in [0.5, 0.6) is 0 Å². The van der Waals surface area contributed by atoms with Gasteiger partial charge in [0, 0.05) is 38.2 Å². The van der Waals surface area contributed by atoms with Crippen LogP contribution in [0.15, 0.2) is 24.4 Å². The molecule has 10 heteroatoms. The number of carbonyl (C=O) groups is 2. The van der Waals surface area contributed by atoms with Gasteiger partial charge in [0.15, 0.2) is 5.82 Å². The second-order valence-electron chi connectivity index (χ2n) is 10.5. The van der Waals surface area contributed by atoms with Gasteiger partial charge in [0.25, 0.3) is 5.91 Å². The van der Waals surface area contributed by atoms with Crippen molar-refractivity contribution in [3.8, 4) is 5.69 Å². The SMILES string of the molecule is CC(C)(C)OC(=O)N1CCC(c2c(C(=O)NCCN3CCCC3)cnn2-c2ccc(F)cc2F)CC1. The fourth-order valence-electron chi connectivity index (χ4n) is 4.86. The number of nitrogens with one attached hydrogen (secondary N) is 1. The highest BCUT2D eigenvalue weighted by molar-refractivity contribution is 5.95. The lowest BCUT2D eigenvalue weighted by molar-refractivity contribution is 0.0203. The first-order valence-corrected chi connectivity index (χ1v) is 12.6. The van der Waals surface area contributed by atoms with Crippen molar-refractivity contribution in [2.75, 3.05) is 39.3 Å². The standard InChI is InChI=1S/C26H35F2N5O3/c1-26(2,3)36-25(35)32-13-8-18(9-14-32)23-20(24(34)29-10-15-31-11-4-5-12-31)17-30-33(23)22-7-6-19(27)16-21(22)28/h6-7,16-18H,4-5,8-15H2,1-3H3,(H,29,34). The van der Waals surface area contributed by atoms with E-state index in [0.29, 0.717) is 43.7 Å². The molecular formula is C26H35F2N5O3. The van der Waals surface area contributed by atoms with E-state index >= 15 is 0 Å². The summed E-state index contributed by atoms with van der Waals surface area (Å²) in [7, 11) is 0. The van der Waals surface area contributed by atoms with Gasteiger partial charge in [-0.2, -0.15) is 5.10 Å². The van der Waals surface area contributed by atoms with Crippen LogP contribution in [0.3, 0.4) is 0 Å². The Bertz CT molecular complexity index is 1080. The van der Waals surface area contributed by atoms with Gasteiger partial charge in [-0.15, -0.1) is 0 Å². The van der Waals surface area contributed by atoms with E-state index in [4.69, 9.17) is 4.74 Å². The summed E-state index contributed by atoms with van der Waals surface area (Å²) in [6.45, 7) is 9.70. The summed E-state index contributed by atoms with van der Waals surface area (Å²) in [5.41, 5.74) is 0.434. The number of likely N-dealkylation sites (tertiary alicyclic amines) is 2. The van der Waals surface area contributed by atoms with Gasteiger partial charge in [-0.1, -0.05) is 0 Å². The first-order chi connectivity index (χ1) is 17.1. The van der Waals surface area contributed by atoms with Crippen LogP contribution in [-0.4, -0.2) is 76.5 Å². The van der Waals surface area contributed by atoms with E-state index in [2.05, 4.69) is 15.3 Å². The maximum Gasteiger partial charge on any atom is 0.410 e. The van der Waals surface area contributed by atoms with Crippen LogP contribution in [-0.2, 0) is 4.74 Å². The predicted octanol–water partition coefficient (Wildman–Crippen LogP) is 4.09. The summed E-state index contributed by atoms with van der Waals surface area (Å²) < 4.78 is 35.2. The molecule has 1 aromatic heterocycles. The van der Waals surface area contributed by atoms with Gasteiger partial charge in [0.1, 0.15) is 17.1 Å². The zero-order valence-electron chi connectivity index (χ0n) is 21.2. The molecule has 3 heterocycles. The fourth-order valence-corrected chi connectivity index (χ4v) is 4.86. The number of carbonyl (C=O) groups excluding carboxylic acids is 2. The molecule has 2 saturated heterocycles. The van der Waals surface area contributed by atoms with Crippen molar-refractivity contribution < 1.29 is 23.1 Å². The van der Waals surface area contributed by atoms with Crippen molar-refractivity contribution in [1.82, 2.24) is 24.9 Å². The van der Waals surface area contributed by atoms with Crippen molar-refractivity contribution in [1.29, 1.82) is 0 Å². The zero-order valence-corrected chi connectivity index (χ0v) is 21.2. The number of rotatable bonds is 6. The minimum Gasteiger partial charge on any atom is -0.444 e. The molecule has 0 unspecified atom stereocenters. The second-order valence-corrected chi connectivity index (χ2v) is 10.5. The highest BCUT2D eigenvalue weighted by Crippen LogP contribution is 2.33. The molecule has 2 aliphatic rings. The largest absolute Gasteiger partial charge is 0.444 e. The smallest absolute Gasteiger partial charge is 0.410 e. The number of hydrogen-bond acceptors (Lipinski definition) is 5. The number of hydrogen-bond donors (Lipinski definition) is 1. The highest BCUT2D eigenvalue weighted by atomic mass is 19.1. The molecule has 0 bridgehead atoms. The van der Waals surface area contributed by atoms with E-state index in [1.165, 1.54) is 35.9 Å². The van der Waals surface area contributed by atoms with Crippen molar-refractivity contribution in [3.05, 3.63) is 47.3 Å². The normalized spacial score (nSPS) is 17.4. The van der Waals surface area contributed by atoms with Crippen LogP contribution >= 0.6 is 0 Å². The van der Waals surface area contributed by atoms with Crippen molar-refractivity contribution >= 4 is 12.0 Å². The average molecular weight is 504 g/mol. The molecule has 2 aromatic rings. The summed E-state index contributed by atoms with van der Waals surface area (Å²) in [5.74, 6) is -1.86. The van der Waals surface area contributed by atoms with E-state index < -0.39 is 17.2 Å². The molecule has 0 saturated carbocycles. The van der Waals surface area contributed by atoms with Crippen LogP contribution in [0.2, 0.25) is 0 Å². The molecule has 2 fully saturated rings. The summed E-state index contributed by atoms with van der Waals surface area (Å²) in [6, 6.07) is 3.30. The van der Waals surface area contributed by atoms with Gasteiger partial charge < -0.3 is 19.9 Å². The molecule has 36 heavy (non-hydrogen) atoms. The van der Waals surface area contributed by atoms with Crippen LogP contribution in [0, 0.1) is 11.6 Å². The number of piperidine rings is 1. The third kappa shape index (κ3) is 6.21. The number of nitrogens with zero attached hydrogens (tertiary/aromatic N) is 4. The lowest BCUT2D eigenvalue weighted by Crippen LogP contribution is -2.41. The number of ether oxygens (including phenoxy) is 1. The zero-order chi connectivity index (χ0) is 25.9. The van der Waals surface area contributed by atoms with E-state index in [-0.39, 0.29) is 23.6 Å². The highest BCUT2D eigenvalue weighted by Gasteiger charge is 2.32. The Balaban J connectivity index is 1.54. The van der Waals surface area contributed by atoms with Gasteiger partial charge in [-0.05, 0) is 71.7 Å². The Hall–Kier alpha value is -3.01. The second kappa shape index (κ2) is 10.9. The molecule has 0 aliphatic carbocycles. The molecule has 196 valence electrons. The molecule has 2 amide bonds. The van der Waals surface area contributed by atoms with E-state index in [1.54, 1.807) is 4.90 Å². The monoisotopic (exact) mass is 503 g/mol. The Labute approximate surface area is 210 Å². The first kappa shape index (κ1) is 26.1. The minimum atomic E-state index is -0.758. The quantitative estimate of drug-likeness (QED) is 0.642. The summed E-state index contributed by atoms with van der Waals surface area (Å²) >= 11 is 0. The molecule has 1 N–H and O–H groups in total. The number of aromatic nitrogens is 2. The molecule has 0 radical (unpaired) electrons.